The predicted octanol–water partition coefficient (Wildman–Crippen LogP) is -0.780. The molecule has 0 aliphatic heterocycles. The van der Waals surface area contributed by atoms with Crippen molar-refractivity contribution in [2.24, 2.45) is 5.73 Å². The Morgan fingerprint density at radius 1 is 1.60 bits per heavy atom. The van der Waals surface area contributed by atoms with Gasteiger partial charge in [0.25, 0.3) is 0 Å². The van der Waals surface area contributed by atoms with Crippen LogP contribution in [-0.4, -0.2) is 26.3 Å². The van der Waals surface area contributed by atoms with Crippen molar-refractivity contribution in [3.8, 4) is 0 Å². The standard InChI is InChI=1S/C4H12NO4P/c1-3(6)4(2,5)10(7,8)9/h3,6H,5H2,1-2H3,(H2,7,8,9). The highest BCUT2D eigenvalue weighted by Crippen LogP contribution is 2.48. The Hall–Kier alpha value is 0.0700. The van der Waals surface area contributed by atoms with Crippen LogP contribution >= 0.6 is 7.60 Å². The Labute approximate surface area is 59.0 Å². The van der Waals surface area contributed by atoms with Gasteiger partial charge in [-0.2, -0.15) is 0 Å². The fourth-order valence-corrected chi connectivity index (χ4v) is 0.730. The van der Waals surface area contributed by atoms with E-state index in [2.05, 4.69) is 0 Å². The summed E-state index contributed by atoms with van der Waals surface area (Å²) in [4.78, 5) is 17.1. The zero-order valence-corrected chi connectivity index (χ0v) is 6.75. The molecule has 0 bridgehead atoms. The van der Waals surface area contributed by atoms with Gasteiger partial charge in [-0.15, -0.1) is 0 Å². The Morgan fingerprint density at radius 2 is 1.90 bits per heavy atom. The summed E-state index contributed by atoms with van der Waals surface area (Å²) in [5, 5.41) is 6.96. The zero-order valence-electron chi connectivity index (χ0n) is 5.85. The number of rotatable bonds is 2. The average Bonchev–Trinajstić information content (AvgIpc) is 1.62. The van der Waals surface area contributed by atoms with Gasteiger partial charge in [-0.05, 0) is 13.8 Å². The van der Waals surface area contributed by atoms with Crippen LogP contribution < -0.4 is 5.73 Å². The summed E-state index contributed by atoms with van der Waals surface area (Å²) >= 11 is 0. The molecule has 62 valence electrons. The summed E-state index contributed by atoms with van der Waals surface area (Å²) in [6, 6.07) is 0. The van der Waals surface area contributed by atoms with E-state index in [9.17, 15) is 4.57 Å². The van der Waals surface area contributed by atoms with Crippen LogP contribution in [0.3, 0.4) is 0 Å². The SMILES string of the molecule is CC(O)C(C)(N)P(=O)(O)O. The van der Waals surface area contributed by atoms with Gasteiger partial charge in [0.05, 0.1) is 6.10 Å². The van der Waals surface area contributed by atoms with Crippen molar-refractivity contribution in [1.29, 1.82) is 0 Å². The van der Waals surface area contributed by atoms with Crippen LogP contribution in [0.25, 0.3) is 0 Å². The highest BCUT2D eigenvalue weighted by Gasteiger charge is 2.42. The molecule has 0 amide bonds. The summed E-state index contributed by atoms with van der Waals surface area (Å²) < 4.78 is 10.5. The molecular formula is C4H12NO4P. The lowest BCUT2D eigenvalue weighted by atomic mass is 10.2. The zero-order chi connectivity index (χ0) is 8.58. The molecule has 0 fully saturated rings. The summed E-state index contributed by atoms with van der Waals surface area (Å²) in [7, 11) is -4.40. The van der Waals surface area contributed by atoms with Crippen LogP contribution in [0, 0.1) is 0 Å². The number of nitrogens with two attached hydrogens (primary N) is 1. The van der Waals surface area contributed by atoms with Gasteiger partial charge >= 0.3 is 7.60 Å². The maximum absolute atomic E-state index is 10.5. The maximum atomic E-state index is 10.5. The molecule has 0 aromatic carbocycles. The second-order valence-electron chi connectivity index (χ2n) is 2.45. The smallest absolute Gasteiger partial charge is 0.347 e. The van der Waals surface area contributed by atoms with Crippen LogP contribution in [0.1, 0.15) is 13.8 Å². The van der Waals surface area contributed by atoms with Crippen molar-refractivity contribution in [3.05, 3.63) is 0 Å². The van der Waals surface area contributed by atoms with Crippen molar-refractivity contribution in [2.45, 2.75) is 25.2 Å². The minimum absolute atomic E-state index is 1.11. The normalized spacial score (nSPS) is 21.8. The highest BCUT2D eigenvalue weighted by molar-refractivity contribution is 7.53. The Balaban J connectivity index is 4.58. The third-order valence-corrected chi connectivity index (χ3v) is 3.10. The van der Waals surface area contributed by atoms with E-state index in [4.69, 9.17) is 20.6 Å². The second-order valence-corrected chi connectivity index (χ2v) is 4.50. The molecule has 5 N–H and O–H groups in total. The first-order valence-corrected chi connectivity index (χ1v) is 4.33. The lowest BCUT2D eigenvalue weighted by Gasteiger charge is -2.28. The van der Waals surface area contributed by atoms with Crippen molar-refractivity contribution < 1.29 is 19.5 Å². The van der Waals surface area contributed by atoms with Gasteiger partial charge in [0.2, 0.25) is 0 Å². The minimum Gasteiger partial charge on any atom is -0.391 e. The molecule has 0 aromatic rings. The van der Waals surface area contributed by atoms with E-state index >= 15 is 0 Å². The summed E-state index contributed by atoms with van der Waals surface area (Å²) in [6.45, 7) is 2.34. The van der Waals surface area contributed by atoms with Gasteiger partial charge in [-0.1, -0.05) is 0 Å². The Kier molecular flexibility index (Phi) is 2.62. The molecule has 0 aliphatic carbocycles. The van der Waals surface area contributed by atoms with E-state index in [-0.39, 0.29) is 0 Å². The van der Waals surface area contributed by atoms with Crippen molar-refractivity contribution in [1.82, 2.24) is 0 Å². The lowest BCUT2D eigenvalue weighted by Crippen LogP contribution is -2.45. The number of hydrogen-bond donors (Lipinski definition) is 4. The van der Waals surface area contributed by atoms with Crippen LogP contribution in [0.5, 0.6) is 0 Å². The molecule has 0 saturated carbocycles. The van der Waals surface area contributed by atoms with Gasteiger partial charge < -0.3 is 20.6 Å². The number of hydrogen-bond acceptors (Lipinski definition) is 3. The predicted molar refractivity (Wildman–Crippen MR) is 36.3 cm³/mol. The van der Waals surface area contributed by atoms with E-state index in [1.54, 1.807) is 0 Å². The van der Waals surface area contributed by atoms with E-state index in [1.165, 1.54) is 6.92 Å². The molecule has 0 heterocycles. The Morgan fingerprint density at radius 3 is 1.90 bits per heavy atom. The van der Waals surface area contributed by atoms with Crippen molar-refractivity contribution >= 4 is 7.60 Å². The molecule has 0 saturated heterocycles. The molecule has 2 atom stereocenters. The fourth-order valence-electron chi connectivity index (χ4n) is 0.243. The summed E-state index contributed by atoms with van der Waals surface area (Å²) in [5.41, 5.74) is 5.12. The van der Waals surface area contributed by atoms with Gasteiger partial charge in [-0.3, -0.25) is 4.57 Å². The third kappa shape index (κ3) is 1.78. The monoisotopic (exact) mass is 169 g/mol. The lowest BCUT2D eigenvalue weighted by molar-refractivity contribution is 0.134. The molecule has 2 unspecified atom stereocenters. The van der Waals surface area contributed by atoms with Gasteiger partial charge in [0, 0.05) is 0 Å². The van der Waals surface area contributed by atoms with Gasteiger partial charge in [-0.25, -0.2) is 0 Å². The third-order valence-electron chi connectivity index (χ3n) is 1.47. The first-order chi connectivity index (χ1) is 4.19. The fraction of sp³-hybridized carbons (Fsp3) is 1.00. The number of aliphatic hydroxyl groups is 1. The van der Waals surface area contributed by atoms with Crippen LogP contribution in [-0.2, 0) is 4.57 Å². The molecule has 10 heavy (non-hydrogen) atoms. The topological polar surface area (TPSA) is 104 Å². The summed E-state index contributed by atoms with van der Waals surface area (Å²) in [5.74, 6) is 0. The van der Waals surface area contributed by atoms with Crippen LogP contribution in [0.2, 0.25) is 0 Å². The molecular weight excluding hydrogens is 157 g/mol. The minimum atomic E-state index is -4.40. The van der Waals surface area contributed by atoms with Gasteiger partial charge in [0.1, 0.15) is 5.28 Å². The average molecular weight is 169 g/mol. The molecule has 0 spiro atoms. The number of aliphatic hydroxyl groups excluding tert-OH is 1. The van der Waals surface area contributed by atoms with Crippen LogP contribution in [0.4, 0.5) is 0 Å². The second kappa shape index (κ2) is 2.60. The van der Waals surface area contributed by atoms with E-state index in [0.29, 0.717) is 0 Å². The molecule has 0 rings (SSSR count). The van der Waals surface area contributed by atoms with E-state index in [0.717, 1.165) is 6.92 Å². The maximum Gasteiger partial charge on any atom is 0.347 e. The largest absolute Gasteiger partial charge is 0.391 e. The first-order valence-electron chi connectivity index (χ1n) is 2.72. The first kappa shape index (κ1) is 10.1. The molecule has 5 nitrogen and oxygen atoms in total. The van der Waals surface area contributed by atoms with Gasteiger partial charge in [0.15, 0.2) is 0 Å². The Bertz CT molecular complexity index is 161. The molecule has 6 heteroatoms. The molecule has 0 aliphatic rings. The van der Waals surface area contributed by atoms with Crippen molar-refractivity contribution in [2.75, 3.05) is 0 Å². The van der Waals surface area contributed by atoms with Crippen LogP contribution in [0.15, 0.2) is 0 Å². The molecule has 0 radical (unpaired) electrons. The quantitative estimate of drug-likeness (QED) is 0.406. The van der Waals surface area contributed by atoms with E-state index in [1.807, 2.05) is 0 Å². The highest BCUT2D eigenvalue weighted by atomic mass is 31.2. The molecule has 0 aromatic heterocycles. The van der Waals surface area contributed by atoms with Crippen molar-refractivity contribution in [3.63, 3.8) is 0 Å². The van der Waals surface area contributed by atoms with E-state index < -0.39 is 19.0 Å². The summed E-state index contributed by atoms with van der Waals surface area (Å²) in [6.07, 6.45) is -1.23.